The molecule has 0 unspecified atom stereocenters. The smallest absolute Gasteiger partial charge is 0.336 e. The van der Waals surface area contributed by atoms with E-state index in [1.165, 1.54) is 6.07 Å². The van der Waals surface area contributed by atoms with E-state index in [0.717, 1.165) is 51.2 Å². The Labute approximate surface area is 206 Å². The Kier molecular flexibility index (Phi) is 6.95. The average Bonchev–Trinajstić information content (AvgIpc) is 3.32. The molecule has 0 saturated carbocycles. The van der Waals surface area contributed by atoms with Gasteiger partial charge in [0.2, 0.25) is 0 Å². The molecule has 0 amide bonds. The molecule has 5 aromatic rings. The summed E-state index contributed by atoms with van der Waals surface area (Å²) in [5, 5.41) is 1.84. The Bertz CT molecular complexity index is 1470. The van der Waals surface area contributed by atoms with Gasteiger partial charge in [0.05, 0.1) is 30.5 Å². The fourth-order valence-electron chi connectivity index (χ4n) is 3.80. The highest BCUT2D eigenvalue weighted by Crippen LogP contribution is 2.36. The third-order valence-electron chi connectivity index (χ3n) is 5.61. The van der Waals surface area contributed by atoms with Gasteiger partial charge in [-0.05, 0) is 67.8 Å². The lowest BCUT2D eigenvalue weighted by Crippen LogP contribution is -2.02. The standard InChI is InChI=1S/C28H25NO5S/c1-31-25-17-20(28-29-22-7-3-4-8-26(22)35-28)10-13-23(25)33-16-6-2-5-15-32-21-12-9-19-11-14-27(30)34-24(19)18-21/h3-4,7-14,17-18H,2,5-6,15-16H2,1H3. The summed E-state index contributed by atoms with van der Waals surface area (Å²) in [6.45, 7) is 1.18. The summed E-state index contributed by atoms with van der Waals surface area (Å²) < 4.78 is 23.7. The number of methoxy groups -OCH3 is 1. The maximum atomic E-state index is 11.4. The number of thiazole rings is 1. The zero-order valence-corrected chi connectivity index (χ0v) is 20.2. The topological polar surface area (TPSA) is 70.8 Å². The lowest BCUT2D eigenvalue weighted by atomic mass is 10.2. The first kappa shape index (κ1) is 22.9. The Morgan fingerprint density at radius 2 is 1.69 bits per heavy atom. The van der Waals surface area contributed by atoms with E-state index in [0.29, 0.717) is 30.3 Å². The monoisotopic (exact) mass is 487 g/mol. The second kappa shape index (κ2) is 10.6. The lowest BCUT2D eigenvalue weighted by molar-refractivity contribution is 0.270. The molecule has 35 heavy (non-hydrogen) atoms. The molecule has 178 valence electrons. The Morgan fingerprint density at radius 3 is 2.54 bits per heavy atom. The summed E-state index contributed by atoms with van der Waals surface area (Å²) in [6, 6.07) is 22.8. The van der Waals surface area contributed by atoms with Crippen molar-refractivity contribution >= 4 is 32.5 Å². The maximum Gasteiger partial charge on any atom is 0.336 e. The molecule has 2 aromatic heterocycles. The van der Waals surface area contributed by atoms with Crippen LogP contribution in [0.15, 0.2) is 82.0 Å². The number of rotatable bonds is 10. The second-order valence-electron chi connectivity index (χ2n) is 8.06. The first-order valence-corrected chi connectivity index (χ1v) is 12.3. The summed E-state index contributed by atoms with van der Waals surface area (Å²) in [7, 11) is 1.65. The van der Waals surface area contributed by atoms with Gasteiger partial charge < -0.3 is 18.6 Å². The van der Waals surface area contributed by atoms with E-state index in [-0.39, 0.29) is 5.63 Å². The van der Waals surface area contributed by atoms with Gasteiger partial charge >= 0.3 is 5.63 Å². The van der Waals surface area contributed by atoms with Gasteiger partial charge in [0, 0.05) is 23.1 Å². The van der Waals surface area contributed by atoms with Crippen molar-refractivity contribution in [1.82, 2.24) is 4.98 Å². The van der Waals surface area contributed by atoms with Crippen LogP contribution in [-0.2, 0) is 0 Å². The van der Waals surface area contributed by atoms with Crippen molar-refractivity contribution in [3.8, 4) is 27.8 Å². The summed E-state index contributed by atoms with van der Waals surface area (Å²) >= 11 is 1.67. The van der Waals surface area contributed by atoms with E-state index in [1.54, 1.807) is 30.6 Å². The molecule has 0 spiro atoms. The van der Waals surface area contributed by atoms with E-state index in [2.05, 4.69) is 6.07 Å². The quantitative estimate of drug-likeness (QED) is 0.161. The van der Waals surface area contributed by atoms with Gasteiger partial charge in [-0.15, -0.1) is 11.3 Å². The van der Waals surface area contributed by atoms with Gasteiger partial charge in [-0.1, -0.05) is 12.1 Å². The molecule has 0 bridgehead atoms. The molecular weight excluding hydrogens is 462 g/mol. The molecule has 0 atom stereocenters. The third kappa shape index (κ3) is 5.46. The van der Waals surface area contributed by atoms with Crippen molar-refractivity contribution in [2.75, 3.05) is 20.3 Å². The van der Waals surface area contributed by atoms with Crippen LogP contribution >= 0.6 is 11.3 Å². The highest BCUT2D eigenvalue weighted by molar-refractivity contribution is 7.21. The summed E-state index contributed by atoms with van der Waals surface area (Å²) in [5.41, 5.74) is 2.19. The minimum absolute atomic E-state index is 0.363. The van der Waals surface area contributed by atoms with Gasteiger partial charge in [-0.25, -0.2) is 9.78 Å². The number of para-hydroxylation sites is 1. The van der Waals surface area contributed by atoms with E-state index >= 15 is 0 Å². The van der Waals surface area contributed by atoms with Gasteiger partial charge in [0.1, 0.15) is 16.3 Å². The number of fused-ring (bicyclic) bond motifs is 2. The van der Waals surface area contributed by atoms with Gasteiger partial charge in [0.25, 0.3) is 0 Å². The first-order chi connectivity index (χ1) is 17.2. The summed E-state index contributed by atoms with van der Waals surface area (Å²) in [5.74, 6) is 2.13. The number of ether oxygens (including phenoxy) is 3. The molecule has 0 aliphatic carbocycles. The van der Waals surface area contributed by atoms with Gasteiger partial charge in [0.15, 0.2) is 11.5 Å². The highest BCUT2D eigenvalue weighted by atomic mass is 32.1. The second-order valence-corrected chi connectivity index (χ2v) is 9.09. The van der Waals surface area contributed by atoms with Crippen molar-refractivity contribution in [3.05, 3.63) is 83.2 Å². The molecule has 0 radical (unpaired) electrons. The number of hydrogen-bond donors (Lipinski definition) is 0. The van der Waals surface area contributed by atoms with Crippen LogP contribution in [0.5, 0.6) is 17.2 Å². The summed E-state index contributed by atoms with van der Waals surface area (Å²) in [6.07, 6.45) is 2.77. The minimum atomic E-state index is -0.363. The normalized spacial score (nSPS) is 11.1. The number of hydrogen-bond acceptors (Lipinski definition) is 7. The van der Waals surface area contributed by atoms with Crippen LogP contribution in [0, 0.1) is 0 Å². The molecule has 0 saturated heterocycles. The fraction of sp³-hybridized carbons (Fsp3) is 0.214. The number of nitrogens with zero attached hydrogens (tertiary/aromatic N) is 1. The van der Waals surface area contributed by atoms with Crippen molar-refractivity contribution in [2.45, 2.75) is 19.3 Å². The molecule has 0 fully saturated rings. The van der Waals surface area contributed by atoms with E-state index in [4.69, 9.17) is 23.6 Å². The van der Waals surface area contributed by atoms with E-state index < -0.39 is 0 Å². The van der Waals surface area contributed by atoms with Gasteiger partial charge in [-0.2, -0.15) is 0 Å². The molecule has 2 heterocycles. The van der Waals surface area contributed by atoms with Crippen molar-refractivity contribution < 1.29 is 18.6 Å². The largest absolute Gasteiger partial charge is 0.493 e. The number of aromatic nitrogens is 1. The lowest BCUT2D eigenvalue weighted by Gasteiger charge is -2.12. The van der Waals surface area contributed by atoms with Crippen LogP contribution in [-0.4, -0.2) is 25.3 Å². The van der Waals surface area contributed by atoms with Crippen LogP contribution in [0.4, 0.5) is 0 Å². The summed E-state index contributed by atoms with van der Waals surface area (Å²) in [4.78, 5) is 16.1. The minimum Gasteiger partial charge on any atom is -0.493 e. The van der Waals surface area contributed by atoms with Crippen LogP contribution in [0.1, 0.15) is 19.3 Å². The molecular formula is C28H25NO5S. The van der Waals surface area contributed by atoms with Crippen molar-refractivity contribution in [2.24, 2.45) is 0 Å². The molecule has 5 rings (SSSR count). The molecule has 7 heteroatoms. The zero-order chi connectivity index (χ0) is 24.0. The predicted molar refractivity (Wildman–Crippen MR) is 139 cm³/mol. The SMILES string of the molecule is COc1cc(-c2nc3ccccc3s2)ccc1OCCCCCOc1ccc2ccc(=O)oc2c1. The molecule has 3 aromatic carbocycles. The highest BCUT2D eigenvalue weighted by Gasteiger charge is 2.11. The van der Waals surface area contributed by atoms with Gasteiger partial charge in [-0.3, -0.25) is 0 Å². The molecule has 0 aliphatic heterocycles. The van der Waals surface area contributed by atoms with Crippen LogP contribution in [0.25, 0.3) is 31.8 Å². The maximum absolute atomic E-state index is 11.4. The van der Waals surface area contributed by atoms with E-state index in [9.17, 15) is 4.79 Å². The molecule has 0 aliphatic rings. The van der Waals surface area contributed by atoms with Crippen molar-refractivity contribution in [1.29, 1.82) is 0 Å². The average molecular weight is 488 g/mol. The van der Waals surface area contributed by atoms with Crippen LogP contribution in [0.3, 0.4) is 0 Å². The Hall–Kier alpha value is -3.84. The molecule has 6 nitrogen and oxygen atoms in total. The van der Waals surface area contributed by atoms with Crippen LogP contribution in [0.2, 0.25) is 0 Å². The third-order valence-corrected chi connectivity index (χ3v) is 6.70. The van der Waals surface area contributed by atoms with Crippen LogP contribution < -0.4 is 19.8 Å². The predicted octanol–water partition coefficient (Wildman–Crippen LogP) is 6.71. The zero-order valence-electron chi connectivity index (χ0n) is 19.4. The first-order valence-electron chi connectivity index (χ1n) is 11.5. The Morgan fingerprint density at radius 1 is 0.857 bits per heavy atom. The Balaban J connectivity index is 1.09. The fourth-order valence-corrected chi connectivity index (χ4v) is 4.76. The number of unbranched alkanes of at least 4 members (excludes halogenated alkanes) is 2. The van der Waals surface area contributed by atoms with Crippen molar-refractivity contribution in [3.63, 3.8) is 0 Å². The molecule has 0 N–H and O–H groups in total. The van der Waals surface area contributed by atoms with E-state index in [1.807, 2.05) is 48.5 Å². The number of benzene rings is 3.